The Hall–Kier alpha value is -0.160. The van der Waals surface area contributed by atoms with E-state index in [0.717, 1.165) is 32.2 Å². The molecule has 0 bridgehead atoms. The maximum atomic E-state index is 5.30. The maximum absolute atomic E-state index is 5.30. The Bertz CT molecular complexity index is 220. The van der Waals surface area contributed by atoms with E-state index in [4.69, 9.17) is 9.47 Å². The fourth-order valence-electron chi connectivity index (χ4n) is 3.14. The van der Waals surface area contributed by atoms with Gasteiger partial charge in [0.1, 0.15) is 0 Å². The van der Waals surface area contributed by atoms with E-state index in [1.54, 1.807) is 14.2 Å². The molecule has 1 fully saturated rings. The van der Waals surface area contributed by atoms with E-state index in [0.29, 0.717) is 12.1 Å². The molecule has 2 atom stereocenters. The largest absolute Gasteiger partial charge is 0.383 e. The molecule has 4 nitrogen and oxygen atoms in total. The molecule has 0 heterocycles. The normalized spacial score (nSPS) is 20.1. The van der Waals surface area contributed by atoms with Gasteiger partial charge in [-0.15, -0.1) is 0 Å². The lowest BCUT2D eigenvalue weighted by molar-refractivity contribution is 0.0643. The van der Waals surface area contributed by atoms with E-state index >= 15 is 0 Å². The molecule has 0 amide bonds. The van der Waals surface area contributed by atoms with Crippen LogP contribution in [0.4, 0.5) is 0 Å². The second kappa shape index (κ2) is 9.70. The van der Waals surface area contributed by atoms with Crippen LogP contribution in [0.25, 0.3) is 0 Å². The van der Waals surface area contributed by atoms with Crippen LogP contribution in [-0.4, -0.2) is 64.6 Å². The minimum Gasteiger partial charge on any atom is -0.383 e. The predicted molar refractivity (Wildman–Crippen MR) is 79.6 cm³/mol. The van der Waals surface area contributed by atoms with E-state index in [1.807, 2.05) is 0 Å². The van der Waals surface area contributed by atoms with Gasteiger partial charge in [0.2, 0.25) is 0 Å². The second-order valence-electron chi connectivity index (χ2n) is 5.73. The Kier molecular flexibility index (Phi) is 8.62. The smallest absolute Gasteiger partial charge is 0.0615 e. The number of nitrogens with zero attached hydrogens (tertiary/aromatic N) is 1. The molecular weight excluding hydrogens is 240 g/mol. The van der Waals surface area contributed by atoms with E-state index in [9.17, 15) is 0 Å². The van der Waals surface area contributed by atoms with E-state index in [-0.39, 0.29) is 0 Å². The highest BCUT2D eigenvalue weighted by Gasteiger charge is 2.26. The minimum atomic E-state index is 0.442. The molecule has 114 valence electrons. The molecule has 19 heavy (non-hydrogen) atoms. The first-order valence-corrected chi connectivity index (χ1v) is 7.62. The van der Waals surface area contributed by atoms with Gasteiger partial charge in [0.25, 0.3) is 0 Å². The van der Waals surface area contributed by atoms with Crippen LogP contribution in [0.5, 0.6) is 0 Å². The Labute approximate surface area is 118 Å². The Morgan fingerprint density at radius 3 is 2.42 bits per heavy atom. The van der Waals surface area contributed by atoms with Crippen molar-refractivity contribution in [3.8, 4) is 0 Å². The van der Waals surface area contributed by atoms with Gasteiger partial charge in [0.15, 0.2) is 0 Å². The Morgan fingerprint density at radius 1 is 1.21 bits per heavy atom. The summed E-state index contributed by atoms with van der Waals surface area (Å²) >= 11 is 0. The Morgan fingerprint density at radius 2 is 1.89 bits per heavy atom. The first kappa shape index (κ1) is 16.9. The maximum Gasteiger partial charge on any atom is 0.0615 e. The van der Waals surface area contributed by atoms with Crippen LogP contribution in [0.1, 0.15) is 32.6 Å². The van der Waals surface area contributed by atoms with Crippen molar-refractivity contribution < 1.29 is 9.47 Å². The highest BCUT2D eigenvalue weighted by Crippen LogP contribution is 2.28. The summed E-state index contributed by atoms with van der Waals surface area (Å²) in [6.07, 6.45) is 5.55. The van der Waals surface area contributed by atoms with E-state index in [2.05, 4.69) is 24.2 Å². The molecule has 0 radical (unpaired) electrons. The average molecular weight is 272 g/mol. The molecule has 1 aliphatic rings. The van der Waals surface area contributed by atoms with Crippen LogP contribution in [0.15, 0.2) is 0 Å². The molecule has 0 aliphatic heterocycles. The molecular formula is C15H32N2O2. The van der Waals surface area contributed by atoms with Crippen LogP contribution < -0.4 is 5.32 Å². The van der Waals surface area contributed by atoms with Gasteiger partial charge in [-0.3, -0.25) is 4.90 Å². The van der Waals surface area contributed by atoms with Crippen LogP contribution in [-0.2, 0) is 9.47 Å². The summed E-state index contributed by atoms with van der Waals surface area (Å²) in [7, 11) is 5.64. The summed E-state index contributed by atoms with van der Waals surface area (Å²) in [6, 6.07) is 1.04. The number of likely N-dealkylation sites (N-methyl/N-ethyl adjacent to an activating group) is 1. The SMILES string of the molecule is CNC(CN(CCOC)C(C)COC)C1CCCC1. The lowest BCUT2D eigenvalue weighted by Crippen LogP contribution is -2.48. The summed E-state index contributed by atoms with van der Waals surface area (Å²) in [4.78, 5) is 2.49. The summed E-state index contributed by atoms with van der Waals surface area (Å²) < 4.78 is 10.5. The van der Waals surface area contributed by atoms with Gasteiger partial charge in [-0.2, -0.15) is 0 Å². The van der Waals surface area contributed by atoms with Gasteiger partial charge in [0.05, 0.1) is 13.2 Å². The first-order valence-electron chi connectivity index (χ1n) is 7.62. The monoisotopic (exact) mass is 272 g/mol. The Balaban J connectivity index is 2.51. The number of nitrogens with one attached hydrogen (secondary N) is 1. The molecule has 1 saturated carbocycles. The third kappa shape index (κ3) is 5.78. The predicted octanol–water partition coefficient (Wildman–Crippen LogP) is 1.75. The van der Waals surface area contributed by atoms with Crippen molar-refractivity contribution in [2.24, 2.45) is 5.92 Å². The van der Waals surface area contributed by atoms with Crippen molar-refractivity contribution in [3.05, 3.63) is 0 Å². The fourth-order valence-corrected chi connectivity index (χ4v) is 3.14. The highest BCUT2D eigenvalue weighted by atomic mass is 16.5. The first-order chi connectivity index (χ1) is 9.22. The van der Waals surface area contributed by atoms with Gasteiger partial charge >= 0.3 is 0 Å². The minimum absolute atomic E-state index is 0.442. The molecule has 1 rings (SSSR count). The fraction of sp³-hybridized carbons (Fsp3) is 1.00. The molecule has 0 saturated heterocycles. The van der Waals surface area contributed by atoms with Crippen molar-refractivity contribution in [2.45, 2.75) is 44.7 Å². The van der Waals surface area contributed by atoms with Gasteiger partial charge in [-0.05, 0) is 32.7 Å². The van der Waals surface area contributed by atoms with Crippen LogP contribution in [0.2, 0.25) is 0 Å². The number of rotatable bonds is 10. The van der Waals surface area contributed by atoms with Gasteiger partial charge in [-0.1, -0.05) is 12.8 Å². The lowest BCUT2D eigenvalue weighted by Gasteiger charge is -2.34. The molecule has 0 aromatic rings. The number of methoxy groups -OCH3 is 2. The lowest BCUT2D eigenvalue weighted by atomic mass is 9.97. The van der Waals surface area contributed by atoms with Crippen LogP contribution in [0.3, 0.4) is 0 Å². The number of ether oxygens (including phenoxy) is 2. The topological polar surface area (TPSA) is 33.7 Å². The molecule has 4 heteroatoms. The van der Waals surface area contributed by atoms with Crippen molar-refractivity contribution in [1.82, 2.24) is 10.2 Å². The van der Waals surface area contributed by atoms with Gasteiger partial charge in [-0.25, -0.2) is 0 Å². The number of hydrogen-bond acceptors (Lipinski definition) is 4. The second-order valence-corrected chi connectivity index (χ2v) is 5.73. The van der Waals surface area contributed by atoms with E-state index < -0.39 is 0 Å². The number of hydrogen-bond donors (Lipinski definition) is 1. The van der Waals surface area contributed by atoms with Crippen molar-refractivity contribution >= 4 is 0 Å². The molecule has 0 aromatic carbocycles. The van der Waals surface area contributed by atoms with E-state index in [1.165, 1.54) is 25.7 Å². The zero-order valence-corrected chi connectivity index (χ0v) is 13.2. The van der Waals surface area contributed by atoms with Gasteiger partial charge < -0.3 is 14.8 Å². The third-order valence-corrected chi connectivity index (χ3v) is 4.38. The van der Waals surface area contributed by atoms with Crippen molar-refractivity contribution in [3.63, 3.8) is 0 Å². The molecule has 2 unspecified atom stereocenters. The summed E-state index contributed by atoms with van der Waals surface area (Å²) in [5, 5.41) is 3.52. The summed E-state index contributed by atoms with van der Waals surface area (Å²) in [6.45, 7) is 5.88. The van der Waals surface area contributed by atoms with Gasteiger partial charge in [0, 0.05) is 39.4 Å². The highest BCUT2D eigenvalue weighted by molar-refractivity contribution is 4.83. The quantitative estimate of drug-likeness (QED) is 0.657. The standard InChI is InChI=1S/C15H32N2O2/c1-13(12-19-4)17(9-10-18-3)11-15(16-2)14-7-5-6-8-14/h13-16H,5-12H2,1-4H3. The molecule has 0 aromatic heterocycles. The van der Waals surface area contributed by atoms with Crippen LogP contribution >= 0.6 is 0 Å². The molecule has 1 aliphatic carbocycles. The molecule has 1 N–H and O–H groups in total. The summed E-state index contributed by atoms with van der Waals surface area (Å²) in [5.41, 5.74) is 0. The van der Waals surface area contributed by atoms with Crippen molar-refractivity contribution in [2.75, 3.05) is 47.6 Å². The van der Waals surface area contributed by atoms with Crippen molar-refractivity contribution in [1.29, 1.82) is 0 Å². The van der Waals surface area contributed by atoms with Crippen LogP contribution in [0, 0.1) is 5.92 Å². The summed E-state index contributed by atoms with van der Waals surface area (Å²) in [5.74, 6) is 0.838. The zero-order chi connectivity index (χ0) is 14.1. The third-order valence-electron chi connectivity index (χ3n) is 4.38. The average Bonchev–Trinajstić information content (AvgIpc) is 2.93. The molecule has 0 spiro atoms. The zero-order valence-electron chi connectivity index (χ0n) is 13.2.